The van der Waals surface area contributed by atoms with Gasteiger partial charge in [0, 0.05) is 57.3 Å². The summed E-state index contributed by atoms with van der Waals surface area (Å²) >= 11 is 0. The molecule has 1 aliphatic rings. The van der Waals surface area contributed by atoms with Gasteiger partial charge in [0.2, 0.25) is 0 Å². The quantitative estimate of drug-likeness (QED) is 0.893. The average molecular weight is 336 g/mol. The highest BCUT2D eigenvalue weighted by molar-refractivity contribution is 7.86. The van der Waals surface area contributed by atoms with Crippen molar-refractivity contribution in [1.82, 2.24) is 28.8 Å². The van der Waals surface area contributed by atoms with Crippen LogP contribution in [0, 0.1) is 0 Å². The summed E-state index contributed by atoms with van der Waals surface area (Å²) in [6.07, 6.45) is 8.32. The first-order valence-electron chi connectivity index (χ1n) is 7.48. The van der Waals surface area contributed by atoms with Crippen LogP contribution in [-0.4, -0.2) is 64.4 Å². The molecule has 0 aliphatic carbocycles. The predicted molar refractivity (Wildman–Crippen MR) is 85.8 cm³/mol. The van der Waals surface area contributed by atoms with Crippen LogP contribution in [0.5, 0.6) is 0 Å². The zero-order valence-electron chi connectivity index (χ0n) is 13.2. The van der Waals surface area contributed by atoms with Gasteiger partial charge in [0.05, 0.1) is 17.6 Å². The fraction of sp³-hybridized carbons (Fsp3) is 0.500. The van der Waals surface area contributed by atoms with Gasteiger partial charge in [0.1, 0.15) is 0 Å². The number of piperidine rings is 1. The lowest BCUT2D eigenvalue weighted by Gasteiger charge is -2.32. The Morgan fingerprint density at radius 1 is 1.22 bits per heavy atom. The molecule has 2 aromatic rings. The lowest BCUT2D eigenvalue weighted by Crippen LogP contribution is -2.44. The van der Waals surface area contributed by atoms with Gasteiger partial charge in [0.25, 0.3) is 10.2 Å². The van der Waals surface area contributed by atoms with Crippen LogP contribution >= 0.6 is 0 Å². The second kappa shape index (κ2) is 6.34. The maximum atomic E-state index is 12.2. The van der Waals surface area contributed by atoms with Crippen molar-refractivity contribution in [3.8, 4) is 11.3 Å². The molecule has 0 spiro atoms. The summed E-state index contributed by atoms with van der Waals surface area (Å²) in [4.78, 5) is 8.93. The molecule has 0 bridgehead atoms. The summed E-state index contributed by atoms with van der Waals surface area (Å²) in [5.74, 6) is 0.196. The van der Waals surface area contributed by atoms with Crippen LogP contribution in [0.2, 0.25) is 0 Å². The SMILES string of the molecule is CN(C)S(=O)(=O)N1CCC(c2nccnc2-c2cn[nH]c2)CC1. The van der Waals surface area contributed by atoms with Crippen LogP contribution in [-0.2, 0) is 10.2 Å². The van der Waals surface area contributed by atoms with Gasteiger partial charge < -0.3 is 0 Å². The first kappa shape index (κ1) is 16.0. The normalized spacial score (nSPS) is 17.7. The zero-order chi connectivity index (χ0) is 16.4. The van der Waals surface area contributed by atoms with E-state index < -0.39 is 10.2 Å². The molecule has 23 heavy (non-hydrogen) atoms. The number of hydrogen-bond donors (Lipinski definition) is 1. The molecule has 124 valence electrons. The van der Waals surface area contributed by atoms with Gasteiger partial charge in [0.15, 0.2) is 0 Å². The van der Waals surface area contributed by atoms with Gasteiger partial charge in [-0.15, -0.1) is 0 Å². The molecule has 0 amide bonds. The van der Waals surface area contributed by atoms with Crippen LogP contribution in [0.25, 0.3) is 11.3 Å². The third kappa shape index (κ3) is 3.12. The van der Waals surface area contributed by atoms with Gasteiger partial charge in [-0.3, -0.25) is 15.1 Å². The molecule has 1 N–H and O–H groups in total. The number of H-pyrrole nitrogens is 1. The Kier molecular flexibility index (Phi) is 4.42. The Labute approximate surface area is 135 Å². The van der Waals surface area contributed by atoms with Gasteiger partial charge >= 0.3 is 0 Å². The van der Waals surface area contributed by atoms with E-state index >= 15 is 0 Å². The second-order valence-corrected chi connectivity index (χ2v) is 7.88. The maximum absolute atomic E-state index is 12.2. The third-order valence-corrected chi connectivity index (χ3v) is 6.07. The van der Waals surface area contributed by atoms with Gasteiger partial charge in [-0.1, -0.05) is 0 Å². The molecule has 3 rings (SSSR count). The summed E-state index contributed by atoms with van der Waals surface area (Å²) in [5.41, 5.74) is 2.63. The Hall–Kier alpha value is -1.84. The van der Waals surface area contributed by atoms with Crippen molar-refractivity contribution in [2.24, 2.45) is 0 Å². The van der Waals surface area contributed by atoms with Crippen LogP contribution in [0.3, 0.4) is 0 Å². The number of hydrogen-bond acceptors (Lipinski definition) is 5. The van der Waals surface area contributed by atoms with Crippen LogP contribution in [0.4, 0.5) is 0 Å². The first-order chi connectivity index (χ1) is 11.0. The number of aromatic nitrogens is 4. The molecule has 9 heteroatoms. The number of nitrogens with zero attached hydrogens (tertiary/aromatic N) is 5. The standard InChI is InChI=1S/C14H20N6O2S/c1-19(2)23(21,22)20-7-3-11(4-8-20)13-14(16-6-5-15-13)12-9-17-18-10-12/h5-6,9-11H,3-4,7-8H2,1-2H3,(H,17,18). The van der Waals surface area contributed by atoms with Gasteiger partial charge in [-0.2, -0.15) is 22.1 Å². The highest BCUT2D eigenvalue weighted by atomic mass is 32.2. The highest BCUT2D eigenvalue weighted by Crippen LogP contribution is 2.33. The van der Waals surface area contributed by atoms with Crippen molar-refractivity contribution < 1.29 is 8.42 Å². The van der Waals surface area contributed by atoms with Crippen molar-refractivity contribution in [1.29, 1.82) is 0 Å². The molecule has 0 saturated carbocycles. The van der Waals surface area contributed by atoms with E-state index in [4.69, 9.17) is 0 Å². The van der Waals surface area contributed by atoms with E-state index in [1.807, 2.05) is 0 Å². The lowest BCUT2D eigenvalue weighted by atomic mass is 9.92. The van der Waals surface area contributed by atoms with E-state index in [-0.39, 0.29) is 5.92 Å². The predicted octanol–water partition coefficient (Wildman–Crippen LogP) is 0.852. The Morgan fingerprint density at radius 3 is 2.52 bits per heavy atom. The van der Waals surface area contributed by atoms with E-state index in [2.05, 4.69) is 20.2 Å². The minimum Gasteiger partial charge on any atom is -0.285 e. The summed E-state index contributed by atoms with van der Waals surface area (Å²) in [5, 5.41) is 6.75. The Bertz CT molecular complexity index is 751. The maximum Gasteiger partial charge on any atom is 0.281 e. The minimum absolute atomic E-state index is 0.196. The molecule has 2 aromatic heterocycles. The van der Waals surface area contributed by atoms with E-state index in [1.165, 1.54) is 8.61 Å². The third-order valence-electron chi connectivity index (χ3n) is 4.13. The van der Waals surface area contributed by atoms with Crippen molar-refractivity contribution in [3.05, 3.63) is 30.5 Å². The molecule has 1 aliphatic heterocycles. The fourth-order valence-corrected chi connectivity index (χ4v) is 3.98. The Balaban J connectivity index is 1.79. The lowest BCUT2D eigenvalue weighted by molar-refractivity contribution is 0.300. The molecular weight excluding hydrogens is 316 g/mol. The van der Waals surface area contributed by atoms with E-state index in [0.29, 0.717) is 13.1 Å². The van der Waals surface area contributed by atoms with Crippen molar-refractivity contribution in [2.45, 2.75) is 18.8 Å². The first-order valence-corrected chi connectivity index (χ1v) is 8.87. The monoisotopic (exact) mass is 336 g/mol. The summed E-state index contributed by atoms with van der Waals surface area (Å²) < 4.78 is 27.2. The molecule has 1 fully saturated rings. The fourth-order valence-electron chi connectivity index (χ4n) is 2.84. The molecule has 0 atom stereocenters. The van der Waals surface area contributed by atoms with Gasteiger partial charge in [-0.25, -0.2) is 0 Å². The number of rotatable bonds is 4. The highest BCUT2D eigenvalue weighted by Gasteiger charge is 2.31. The van der Waals surface area contributed by atoms with Gasteiger partial charge in [-0.05, 0) is 12.8 Å². The Morgan fingerprint density at radius 2 is 1.91 bits per heavy atom. The minimum atomic E-state index is -3.34. The molecule has 0 unspecified atom stereocenters. The molecule has 3 heterocycles. The van der Waals surface area contributed by atoms with Crippen LogP contribution in [0.15, 0.2) is 24.8 Å². The average Bonchev–Trinajstić information content (AvgIpc) is 3.09. The molecule has 0 radical (unpaired) electrons. The van der Waals surface area contributed by atoms with E-state index in [9.17, 15) is 8.42 Å². The van der Waals surface area contributed by atoms with Crippen molar-refractivity contribution in [3.63, 3.8) is 0 Å². The zero-order valence-corrected chi connectivity index (χ0v) is 14.0. The molecule has 8 nitrogen and oxygen atoms in total. The molecule has 0 aromatic carbocycles. The smallest absolute Gasteiger partial charge is 0.281 e. The second-order valence-electron chi connectivity index (χ2n) is 5.74. The summed E-state index contributed by atoms with van der Waals surface area (Å²) in [6.45, 7) is 0.985. The summed E-state index contributed by atoms with van der Waals surface area (Å²) in [6, 6.07) is 0. The van der Waals surface area contributed by atoms with Crippen LogP contribution in [0.1, 0.15) is 24.5 Å². The molecule has 1 saturated heterocycles. The largest absolute Gasteiger partial charge is 0.285 e. The summed E-state index contributed by atoms with van der Waals surface area (Å²) in [7, 11) is -0.230. The topological polar surface area (TPSA) is 95.1 Å². The van der Waals surface area contributed by atoms with Crippen molar-refractivity contribution >= 4 is 10.2 Å². The molecular formula is C14H20N6O2S. The van der Waals surface area contributed by atoms with Crippen molar-refractivity contribution in [2.75, 3.05) is 27.2 Å². The number of nitrogens with one attached hydrogen (secondary N) is 1. The van der Waals surface area contributed by atoms with E-state index in [0.717, 1.165) is 29.8 Å². The number of aromatic amines is 1. The van der Waals surface area contributed by atoms with Crippen LogP contribution < -0.4 is 0 Å². The van der Waals surface area contributed by atoms with E-state index in [1.54, 1.807) is 38.9 Å².